The quantitative estimate of drug-likeness (QED) is 0.851. The molecule has 2 aromatic rings. The minimum atomic E-state index is 0.209. The fourth-order valence-corrected chi connectivity index (χ4v) is 2.47. The van der Waals surface area contributed by atoms with Gasteiger partial charge in [0.1, 0.15) is 18.2 Å². The summed E-state index contributed by atoms with van der Waals surface area (Å²) in [6.45, 7) is 2.51. The van der Waals surface area contributed by atoms with E-state index in [4.69, 9.17) is 4.74 Å². The van der Waals surface area contributed by atoms with Crippen molar-refractivity contribution in [2.75, 3.05) is 24.8 Å². The highest BCUT2D eigenvalue weighted by atomic mass is 32.1. The fourth-order valence-electron chi connectivity index (χ4n) is 1.72. The summed E-state index contributed by atoms with van der Waals surface area (Å²) >= 11 is 1.69. The highest BCUT2D eigenvalue weighted by Crippen LogP contribution is 2.21. The van der Waals surface area contributed by atoms with Crippen molar-refractivity contribution in [3.63, 3.8) is 0 Å². The van der Waals surface area contributed by atoms with Crippen LogP contribution in [0.3, 0.4) is 0 Å². The Hall–Kier alpha value is -1.66. The lowest BCUT2D eigenvalue weighted by Gasteiger charge is -2.15. The third-order valence-electron chi connectivity index (χ3n) is 2.71. The molecule has 2 heterocycles. The topological polar surface area (TPSA) is 59.1 Å². The number of methoxy groups -OCH3 is 1. The summed E-state index contributed by atoms with van der Waals surface area (Å²) in [6, 6.07) is 4.21. The molecule has 1 atom stereocenters. The van der Waals surface area contributed by atoms with E-state index >= 15 is 0 Å². The number of anilines is 2. The number of thiophene rings is 1. The molecule has 0 spiro atoms. The molecule has 19 heavy (non-hydrogen) atoms. The molecule has 0 aromatic carbocycles. The van der Waals surface area contributed by atoms with Crippen LogP contribution >= 0.6 is 11.3 Å². The van der Waals surface area contributed by atoms with Crippen molar-refractivity contribution in [3.05, 3.63) is 34.3 Å². The van der Waals surface area contributed by atoms with Crippen LogP contribution in [0, 0.1) is 0 Å². The average molecular weight is 278 g/mol. The van der Waals surface area contributed by atoms with Crippen LogP contribution < -0.4 is 10.6 Å². The van der Waals surface area contributed by atoms with Crippen LogP contribution in [0.5, 0.6) is 0 Å². The molecule has 0 bridgehead atoms. The Morgan fingerprint density at radius 1 is 1.37 bits per heavy atom. The Bertz CT molecular complexity index is 515. The van der Waals surface area contributed by atoms with Crippen LogP contribution in [0.2, 0.25) is 0 Å². The summed E-state index contributed by atoms with van der Waals surface area (Å²) < 4.78 is 5.08. The highest BCUT2D eigenvalue weighted by molar-refractivity contribution is 7.07. The van der Waals surface area contributed by atoms with E-state index in [1.165, 1.54) is 5.56 Å². The number of ether oxygens (including phenoxy) is 1. The molecule has 0 saturated heterocycles. The van der Waals surface area contributed by atoms with Gasteiger partial charge >= 0.3 is 0 Å². The first-order valence-corrected chi connectivity index (χ1v) is 7.00. The van der Waals surface area contributed by atoms with Crippen LogP contribution in [-0.2, 0) is 11.3 Å². The normalized spacial score (nSPS) is 12.2. The second-order valence-corrected chi connectivity index (χ2v) is 4.94. The standard InChI is InChI=1S/C13H18N4OS/c1-9(10-4-5-19-8-10)15-12-6-11(14-2)16-13(17-12)7-18-3/h4-6,8-9H,7H2,1-3H3,(H2,14,15,16,17). The lowest BCUT2D eigenvalue weighted by Crippen LogP contribution is -2.10. The average Bonchev–Trinajstić information content (AvgIpc) is 2.92. The first-order chi connectivity index (χ1) is 9.22. The van der Waals surface area contributed by atoms with Gasteiger partial charge in [-0.15, -0.1) is 0 Å². The van der Waals surface area contributed by atoms with E-state index in [-0.39, 0.29) is 6.04 Å². The Morgan fingerprint density at radius 2 is 2.16 bits per heavy atom. The van der Waals surface area contributed by atoms with Gasteiger partial charge in [0.2, 0.25) is 0 Å². The molecule has 2 N–H and O–H groups in total. The van der Waals surface area contributed by atoms with E-state index < -0.39 is 0 Å². The van der Waals surface area contributed by atoms with Gasteiger partial charge in [0.25, 0.3) is 0 Å². The van der Waals surface area contributed by atoms with Gasteiger partial charge in [-0.2, -0.15) is 11.3 Å². The molecule has 1 unspecified atom stereocenters. The maximum atomic E-state index is 5.08. The lowest BCUT2D eigenvalue weighted by molar-refractivity contribution is 0.178. The maximum Gasteiger partial charge on any atom is 0.158 e. The molecule has 0 aliphatic rings. The van der Waals surface area contributed by atoms with Crippen molar-refractivity contribution in [1.82, 2.24) is 9.97 Å². The van der Waals surface area contributed by atoms with Crippen molar-refractivity contribution in [2.45, 2.75) is 19.6 Å². The smallest absolute Gasteiger partial charge is 0.158 e. The zero-order chi connectivity index (χ0) is 13.7. The molecule has 2 aromatic heterocycles. The third-order valence-corrected chi connectivity index (χ3v) is 3.41. The molecule has 6 heteroatoms. The monoisotopic (exact) mass is 278 g/mol. The van der Waals surface area contributed by atoms with Gasteiger partial charge in [0.05, 0.1) is 6.04 Å². The van der Waals surface area contributed by atoms with Crippen molar-refractivity contribution >= 4 is 23.0 Å². The summed E-state index contributed by atoms with van der Waals surface area (Å²) in [4.78, 5) is 8.76. The predicted molar refractivity (Wildman–Crippen MR) is 78.6 cm³/mol. The van der Waals surface area contributed by atoms with Crippen LogP contribution in [0.25, 0.3) is 0 Å². The van der Waals surface area contributed by atoms with Crippen LogP contribution in [0.1, 0.15) is 24.4 Å². The molecular formula is C13H18N4OS. The Morgan fingerprint density at radius 3 is 2.79 bits per heavy atom. The summed E-state index contributed by atoms with van der Waals surface area (Å²) in [5, 5.41) is 10.6. The molecule has 5 nitrogen and oxygen atoms in total. The van der Waals surface area contributed by atoms with E-state index in [0.717, 1.165) is 11.6 Å². The van der Waals surface area contributed by atoms with E-state index in [0.29, 0.717) is 12.4 Å². The largest absolute Gasteiger partial charge is 0.377 e. The van der Waals surface area contributed by atoms with E-state index in [1.807, 2.05) is 13.1 Å². The summed E-state index contributed by atoms with van der Waals surface area (Å²) in [6.07, 6.45) is 0. The van der Waals surface area contributed by atoms with Crippen LogP contribution in [0.4, 0.5) is 11.6 Å². The molecule has 0 saturated carbocycles. The second kappa shape index (κ2) is 6.49. The second-order valence-electron chi connectivity index (χ2n) is 4.16. The molecule has 0 fully saturated rings. The Labute approximate surface area is 117 Å². The van der Waals surface area contributed by atoms with Crippen molar-refractivity contribution < 1.29 is 4.74 Å². The fraction of sp³-hybridized carbons (Fsp3) is 0.385. The van der Waals surface area contributed by atoms with Gasteiger partial charge in [0.15, 0.2) is 5.82 Å². The van der Waals surface area contributed by atoms with E-state index in [9.17, 15) is 0 Å². The summed E-state index contributed by atoms with van der Waals surface area (Å²) in [7, 11) is 3.47. The number of hydrogen-bond donors (Lipinski definition) is 2. The summed E-state index contributed by atoms with van der Waals surface area (Å²) in [5.74, 6) is 2.24. The number of nitrogens with zero attached hydrogens (tertiary/aromatic N) is 2. The first kappa shape index (κ1) is 13.8. The molecule has 0 aliphatic heterocycles. The van der Waals surface area contributed by atoms with Gasteiger partial charge in [-0.1, -0.05) is 0 Å². The number of rotatable bonds is 6. The predicted octanol–water partition coefficient (Wildman–Crippen LogP) is 2.90. The molecule has 0 radical (unpaired) electrons. The van der Waals surface area contributed by atoms with Gasteiger partial charge in [-0.05, 0) is 29.3 Å². The van der Waals surface area contributed by atoms with Gasteiger partial charge in [-0.25, -0.2) is 9.97 Å². The molecule has 0 aliphatic carbocycles. The molecule has 0 amide bonds. The number of hydrogen-bond acceptors (Lipinski definition) is 6. The lowest BCUT2D eigenvalue weighted by atomic mass is 10.2. The van der Waals surface area contributed by atoms with Crippen molar-refractivity contribution in [3.8, 4) is 0 Å². The highest BCUT2D eigenvalue weighted by Gasteiger charge is 2.09. The van der Waals surface area contributed by atoms with E-state index in [1.54, 1.807) is 18.4 Å². The number of nitrogens with one attached hydrogen (secondary N) is 2. The molecular weight excluding hydrogens is 260 g/mol. The molecule has 2 rings (SSSR count). The minimum absolute atomic E-state index is 0.209. The van der Waals surface area contributed by atoms with Crippen molar-refractivity contribution in [2.24, 2.45) is 0 Å². The first-order valence-electron chi connectivity index (χ1n) is 6.06. The van der Waals surface area contributed by atoms with Crippen molar-refractivity contribution in [1.29, 1.82) is 0 Å². The van der Waals surface area contributed by atoms with Gasteiger partial charge in [0, 0.05) is 20.2 Å². The Balaban J connectivity index is 2.16. The third kappa shape index (κ3) is 3.65. The summed E-state index contributed by atoms with van der Waals surface area (Å²) in [5.41, 5.74) is 1.25. The molecule has 102 valence electrons. The van der Waals surface area contributed by atoms with E-state index in [2.05, 4.69) is 44.4 Å². The zero-order valence-electron chi connectivity index (χ0n) is 11.3. The van der Waals surface area contributed by atoms with Crippen LogP contribution in [-0.4, -0.2) is 24.1 Å². The Kier molecular flexibility index (Phi) is 4.70. The van der Waals surface area contributed by atoms with Gasteiger partial charge in [-0.3, -0.25) is 0 Å². The minimum Gasteiger partial charge on any atom is -0.377 e. The number of aromatic nitrogens is 2. The zero-order valence-corrected chi connectivity index (χ0v) is 12.1. The van der Waals surface area contributed by atoms with Crippen LogP contribution in [0.15, 0.2) is 22.9 Å². The maximum absolute atomic E-state index is 5.08. The van der Waals surface area contributed by atoms with Gasteiger partial charge < -0.3 is 15.4 Å². The SMILES string of the molecule is CNc1cc(NC(C)c2ccsc2)nc(COC)n1.